The van der Waals surface area contributed by atoms with E-state index < -0.39 is 29.1 Å². The molecule has 1 aromatic carbocycles. The Labute approximate surface area is 146 Å². The second-order valence-corrected chi connectivity index (χ2v) is 7.12. The SMILES string of the molecule is COC(=O)C1=C(N)OC2N(C(=O)OC)c3ccccc3C12C(C)(C)C. The first-order chi connectivity index (χ1) is 11.7. The number of esters is 1. The Kier molecular flexibility index (Phi) is 3.70. The molecule has 25 heavy (non-hydrogen) atoms. The van der Waals surface area contributed by atoms with Crippen LogP contribution in [-0.2, 0) is 24.4 Å². The molecule has 3 rings (SSSR count). The van der Waals surface area contributed by atoms with Crippen LogP contribution in [0.3, 0.4) is 0 Å². The van der Waals surface area contributed by atoms with Gasteiger partial charge in [-0.1, -0.05) is 39.0 Å². The van der Waals surface area contributed by atoms with E-state index in [-0.39, 0.29) is 11.5 Å². The minimum absolute atomic E-state index is 0.0322. The van der Waals surface area contributed by atoms with E-state index in [9.17, 15) is 9.59 Å². The Morgan fingerprint density at radius 3 is 2.40 bits per heavy atom. The molecular formula is C18H22N2O5. The molecule has 0 aromatic heterocycles. The molecule has 0 bridgehead atoms. The van der Waals surface area contributed by atoms with E-state index in [1.807, 2.05) is 39.0 Å². The van der Waals surface area contributed by atoms with E-state index in [0.29, 0.717) is 5.69 Å². The predicted octanol–water partition coefficient (Wildman–Crippen LogP) is 2.26. The lowest BCUT2D eigenvalue weighted by atomic mass is 9.59. The molecule has 134 valence electrons. The average Bonchev–Trinajstić information content (AvgIpc) is 3.02. The van der Waals surface area contributed by atoms with E-state index >= 15 is 0 Å². The van der Waals surface area contributed by atoms with Crippen molar-refractivity contribution < 1.29 is 23.8 Å². The number of methoxy groups -OCH3 is 2. The molecule has 2 atom stereocenters. The van der Waals surface area contributed by atoms with E-state index in [2.05, 4.69) is 0 Å². The number of hydrogen-bond acceptors (Lipinski definition) is 6. The van der Waals surface area contributed by atoms with Crippen molar-refractivity contribution in [2.75, 3.05) is 19.1 Å². The third-order valence-corrected chi connectivity index (χ3v) is 5.02. The molecule has 0 aliphatic carbocycles. The molecule has 7 heteroatoms. The smallest absolute Gasteiger partial charge is 0.417 e. The second kappa shape index (κ2) is 5.40. The van der Waals surface area contributed by atoms with E-state index in [0.717, 1.165) is 5.56 Å². The van der Waals surface area contributed by atoms with Crippen molar-refractivity contribution in [1.29, 1.82) is 0 Å². The molecule has 0 saturated heterocycles. The summed E-state index contributed by atoms with van der Waals surface area (Å²) < 4.78 is 15.8. The first-order valence-corrected chi connectivity index (χ1v) is 7.93. The van der Waals surface area contributed by atoms with Crippen LogP contribution in [0.2, 0.25) is 0 Å². The molecule has 0 saturated carbocycles. The molecule has 0 radical (unpaired) electrons. The molecule has 1 aromatic rings. The number of anilines is 1. The highest BCUT2D eigenvalue weighted by atomic mass is 16.6. The summed E-state index contributed by atoms with van der Waals surface area (Å²) in [5, 5.41) is 0. The summed E-state index contributed by atoms with van der Waals surface area (Å²) in [7, 11) is 2.60. The predicted molar refractivity (Wildman–Crippen MR) is 90.6 cm³/mol. The molecule has 2 unspecified atom stereocenters. The van der Waals surface area contributed by atoms with Crippen molar-refractivity contribution >= 4 is 17.7 Å². The summed E-state index contributed by atoms with van der Waals surface area (Å²) in [5.74, 6) is -0.605. The highest BCUT2D eigenvalue weighted by molar-refractivity contribution is 5.99. The standard InChI is InChI=1S/C18H22N2O5/c1-17(2,3)18-10-8-6-7-9-11(10)20(16(22)24-5)15(18)25-13(19)12(18)14(21)23-4/h6-9,15H,19H2,1-5H3. The first kappa shape index (κ1) is 17.1. The zero-order valence-corrected chi connectivity index (χ0v) is 15.0. The highest BCUT2D eigenvalue weighted by Gasteiger charge is 2.68. The number of nitrogens with zero attached hydrogens (tertiary/aromatic N) is 1. The maximum absolute atomic E-state index is 12.6. The fourth-order valence-electron chi connectivity index (χ4n) is 4.05. The van der Waals surface area contributed by atoms with Crippen LogP contribution in [0, 0.1) is 5.41 Å². The Balaban J connectivity index is 2.38. The number of benzene rings is 1. The van der Waals surface area contributed by atoms with Gasteiger partial charge >= 0.3 is 12.1 Å². The normalized spacial score (nSPS) is 24.5. The van der Waals surface area contributed by atoms with Gasteiger partial charge in [-0.3, -0.25) is 0 Å². The third kappa shape index (κ3) is 1.98. The van der Waals surface area contributed by atoms with Gasteiger partial charge in [-0.25, -0.2) is 14.5 Å². The van der Waals surface area contributed by atoms with Crippen LogP contribution in [0.1, 0.15) is 26.3 Å². The van der Waals surface area contributed by atoms with Crippen molar-refractivity contribution in [1.82, 2.24) is 0 Å². The van der Waals surface area contributed by atoms with E-state index in [1.54, 1.807) is 6.07 Å². The molecule has 7 nitrogen and oxygen atoms in total. The Hall–Kier alpha value is -2.70. The van der Waals surface area contributed by atoms with Crippen molar-refractivity contribution in [2.24, 2.45) is 11.1 Å². The summed E-state index contributed by atoms with van der Waals surface area (Å²) in [4.78, 5) is 26.5. The number of ether oxygens (including phenoxy) is 3. The molecule has 0 fully saturated rings. The van der Waals surface area contributed by atoms with Crippen LogP contribution in [0.4, 0.5) is 10.5 Å². The summed E-state index contributed by atoms with van der Waals surface area (Å²) >= 11 is 0. The van der Waals surface area contributed by atoms with Gasteiger partial charge in [-0.15, -0.1) is 0 Å². The monoisotopic (exact) mass is 346 g/mol. The van der Waals surface area contributed by atoms with Gasteiger partial charge in [-0.05, 0) is 17.0 Å². The van der Waals surface area contributed by atoms with Gasteiger partial charge < -0.3 is 19.9 Å². The fraction of sp³-hybridized carbons (Fsp3) is 0.444. The van der Waals surface area contributed by atoms with Gasteiger partial charge in [0, 0.05) is 0 Å². The van der Waals surface area contributed by atoms with E-state index in [4.69, 9.17) is 19.9 Å². The number of fused-ring (bicyclic) bond motifs is 3. The quantitative estimate of drug-likeness (QED) is 0.784. The highest BCUT2D eigenvalue weighted by Crippen LogP contribution is 2.62. The van der Waals surface area contributed by atoms with Crippen LogP contribution in [-0.4, -0.2) is 32.5 Å². The minimum atomic E-state index is -0.977. The summed E-state index contributed by atoms with van der Waals surface area (Å²) in [6.45, 7) is 5.92. The van der Waals surface area contributed by atoms with Crippen molar-refractivity contribution in [3.8, 4) is 0 Å². The number of amides is 1. The van der Waals surface area contributed by atoms with E-state index in [1.165, 1.54) is 19.1 Å². The number of para-hydroxylation sites is 1. The zero-order valence-electron chi connectivity index (χ0n) is 15.0. The largest absolute Gasteiger partial charge is 0.465 e. The number of rotatable bonds is 1. The van der Waals surface area contributed by atoms with Gasteiger partial charge in [0.2, 0.25) is 0 Å². The van der Waals surface area contributed by atoms with Crippen LogP contribution in [0.5, 0.6) is 0 Å². The van der Waals surface area contributed by atoms with Crippen molar-refractivity contribution in [3.63, 3.8) is 0 Å². The van der Waals surface area contributed by atoms with Crippen LogP contribution >= 0.6 is 0 Å². The van der Waals surface area contributed by atoms with Gasteiger partial charge in [0.1, 0.15) is 5.57 Å². The van der Waals surface area contributed by atoms with Gasteiger partial charge in [0.05, 0.1) is 25.3 Å². The lowest BCUT2D eigenvalue weighted by Gasteiger charge is -2.42. The Morgan fingerprint density at radius 1 is 1.20 bits per heavy atom. The van der Waals surface area contributed by atoms with Crippen LogP contribution in [0.25, 0.3) is 0 Å². The minimum Gasteiger partial charge on any atom is -0.465 e. The lowest BCUT2D eigenvalue weighted by molar-refractivity contribution is -0.137. The zero-order chi connectivity index (χ0) is 18.6. The second-order valence-electron chi connectivity index (χ2n) is 7.12. The molecule has 2 aliphatic heterocycles. The molecule has 2 heterocycles. The molecular weight excluding hydrogens is 324 g/mol. The summed E-state index contributed by atoms with van der Waals surface area (Å²) in [6, 6.07) is 7.35. The maximum atomic E-state index is 12.6. The number of carbonyl (C=O) groups is 2. The van der Waals surface area contributed by atoms with Crippen LogP contribution < -0.4 is 10.6 Å². The lowest BCUT2D eigenvalue weighted by Crippen LogP contribution is -2.54. The number of carbonyl (C=O) groups excluding carboxylic acids is 2. The fourth-order valence-corrected chi connectivity index (χ4v) is 4.05. The summed E-state index contributed by atoms with van der Waals surface area (Å²) in [6.07, 6.45) is -1.41. The first-order valence-electron chi connectivity index (χ1n) is 7.93. The van der Waals surface area contributed by atoms with Crippen molar-refractivity contribution in [2.45, 2.75) is 32.4 Å². The Bertz CT molecular complexity index is 780. The van der Waals surface area contributed by atoms with Gasteiger partial charge in [0.15, 0.2) is 12.1 Å². The van der Waals surface area contributed by atoms with Gasteiger partial charge in [-0.2, -0.15) is 0 Å². The summed E-state index contributed by atoms with van der Waals surface area (Å²) in [5.41, 5.74) is 6.21. The molecule has 0 spiro atoms. The Morgan fingerprint density at radius 2 is 1.84 bits per heavy atom. The van der Waals surface area contributed by atoms with Gasteiger partial charge in [0.25, 0.3) is 0 Å². The number of nitrogens with two attached hydrogens (primary N) is 1. The maximum Gasteiger partial charge on any atom is 0.417 e. The third-order valence-electron chi connectivity index (χ3n) is 5.02. The molecule has 2 aliphatic rings. The average molecular weight is 346 g/mol. The molecule has 2 N–H and O–H groups in total. The van der Waals surface area contributed by atoms with Crippen molar-refractivity contribution in [3.05, 3.63) is 41.3 Å². The molecule has 1 amide bonds. The van der Waals surface area contributed by atoms with Crippen LogP contribution in [0.15, 0.2) is 35.7 Å². The topological polar surface area (TPSA) is 91.1 Å². The number of hydrogen-bond donors (Lipinski definition) is 1.